The molecular weight excluding hydrogens is 229 g/mol. The normalized spacial score (nSPS) is 29.6. The Kier molecular flexibility index (Phi) is 3.19. The Hall–Kier alpha value is -0.640. The van der Waals surface area contributed by atoms with Gasteiger partial charge in [0.2, 0.25) is 0 Å². The van der Waals surface area contributed by atoms with Crippen molar-refractivity contribution in [3.63, 3.8) is 0 Å². The molecule has 4 heteroatoms. The molecule has 1 aliphatic rings. The molecule has 3 N–H and O–H groups in total. The molecule has 1 fully saturated rings. The Bertz CT molecular complexity index is 399. The molecule has 0 radical (unpaired) electrons. The summed E-state index contributed by atoms with van der Waals surface area (Å²) in [4.78, 5) is 0. The fourth-order valence-corrected chi connectivity index (χ4v) is 2.45. The second kappa shape index (κ2) is 4.32. The molecule has 0 aromatic heterocycles. The molecule has 2 unspecified atom stereocenters. The molecule has 16 heavy (non-hydrogen) atoms. The third kappa shape index (κ3) is 2.54. The van der Waals surface area contributed by atoms with Crippen LogP contribution in [0, 0.1) is 5.82 Å². The van der Waals surface area contributed by atoms with Crippen molar-refractivity contribution in [1.82, 2.24) is 0 Å². The molecule has 2 nitrogen and oxygen atoms in total. The van der Waals surface area contributed by atoms with E-state index in [-0.39, 0.29) is 11.1 Å². The van der Waals surface area contributed by atoms with E-state index in [0.717, 1.165) is 12.0 Å². The molecule has 0 aliphatic heterocycles. The van der Waals surface area contributed by atoms with Crippen LogP contribution < -0.4 is 5.73 Å². The van der Waals surface area contributed by atoms with Crippen LogP contribution in [0.5, 0.6) is 0 Å². The quantitative estimate of drug-likeness (QED) is 0.837. The molecule has 88 valence electrons. The Morgan fingerprint density at radius 1 is 1.56 bits per heavy atom. The van der Waals surface area contributed by atoms with Gasteiger partial charge in [0, 0.05) is 12.5 Å². The first-order valence-electron chi connectivity index (χ1n) is 5.40. The van der Waals surface area contributed by atoms with Crippen molar-refractivity contribution >= 4 is 11.6 Å². The van der Waals surface area contributed by atoms with E-state index in [9.17, 15) is 9.50 Å². The van der Waals surface area contributed by atoms with Crippen molar-refractivity contribution in [3.05, 3.63) is 34.6 Å². The van der Waals surface area contributed by atoms with E-state index < -0.39 is 11.4 Å². The summed E-state index contributed by atoms with van der Waals surface area (Å²) in [6.07, 6.45) is 2.52. The summed E-state index contributed by atoms with van der Waals surface area (Å²) in [5, 5.41) is 10.3. The van der Waals surface area contributed by atoms with Crippen LogP contribution in [-0.2, 0) is 6.42 Å². The SMILES string of the molecule is NC1CCC(O)(Cc2ccc(Cl)c(F)c2)C1. The standard InChI is InChI=1S/C12H15ClFNO/c13-10-2-1-8(5-11(10)14)6-12(16)4-3-9(15)7-12/h1-2,5,9,16H,3-4,6-7,15H2. The lowest BCUT2D eigenvalue weighted by atomic mass is 9.93. The zero-order chi connectivity index (χ0) is 11.8. The average molecular weight is 244 g/mol. The van der Waals surface area contributed by atoms with E-state index in [1.165, 1.54) is 12.1 Å². The van der Waals surface area contributed by atoms with Gasteiger partial charge in [-0.3, -0.25) is 0 Å². The number of hydrogen-bond donors (Lipinski definition) is 2. The van der Waals surface area contributed by atoms with Gasteiger partial charge in [0.1, 0.15) is 5.82 Å². The number of halogens is 2. The molecule has 2 rings (SSSR count). The van der Waals surface area contributed by atoms with E-state index in [0.29, 0.717) is 19.3 Å². The van der Waals surface area contributed by atoms with Crippen LogP contribution >= 0.6 is 11.6 Å². The lowest BCUT2D eigenvalue weighted by Gasteiger charge is -2.22. The molecule has 1 saturated carbocycles. The second-order valence-corrected chi connectivity index (χ2v) is 5.06. The van der Waals surface area contributed by atoms with Crippen molar-refractivity contribution in [2.24, 2.45) is 5.73 Å². The van der Waals surface area contributed by atoms with Crippen molar-refractivity contribution < 1.29 is 9.50 Å². The van der Waals surface area contributed by atoms with Gasteiger partial charge in [-0.25, -0.2) is 4.39 Å². The Labute approximate surface area is 99.2 Å². The monoisotopic (exact) mass is 243 g/mol. The molecule has 1 aromatic carbocycles. The van der Waals surface area contributed by atoms with Crippen LogP contribution in [-0.4, -0.2) is 16.7 Å². The largest absolute Gasteiger partial charge is 0.389 e. The molecule has 0 saturated heterocycles. The summed E-state index contributed by atoms with van der Waals surface area (Å²) < 4.78 is 13.2. The van der Waals surface area contributed by atoms with Gasteiger partial charge in [0.05, 0.1) is 10.6 Å². The first-order valence-corrected chi connectivity index (χ1v) is 5.78. The van der Waals surface area contributed by atoms with Crippen LogP contribution in [0.4, 0.5) is 4.39 Å². The third-order valence-corrected chi connectivity index (χ3v) is 3.45. The summed E-state index contributed by atoms with van der Waals surface area (Å²) in [5.41, 5.74) is 5.75. The predicted octanol–water partition coefficient (Wildman–Crippen LogP) is 2.26. The van der Waals surface area contributed by atoms with Gasteiger partial charge in [-0.05, 0) is 37.0 Å². The minimum atomic E-state index is -0.778. The van der Waals surface area contributed by atoms with Crippen molar-refractivity contribution in [3.8, 4) is 0 Å². The van der Waals surface area contributed by atoms with Gasteiger partial charge in [0.25, 0.3) is 0 Å². The summed E-state index contributed by atoms with van der Waals surface area (Å²) >= 11 is 5.60. The minimum Gasteiger partial charge on any atom is -0.389 e. The first-order chi connectivity index (χ1) is 7.48. The zero-order valence-electron chi connectivity index (χ0n) is 8.92. The van der Waals surface area contributed by atoms with Crippen molar-refractivity contribution in [2.75, 3.05) is 0 Å². The van der Waals surface area contributed by atoms with Gasteiger partial charge in [0.15, 0.2) is 0 Å². The topological polar surface area (TPSA) is 46.2 Å². The lowest BCUT2D eigenvalue weighted by molar-refractivity contribution is 0.0468. The molecule has 0 amide bonds. The summed E-state index contributed by atoms with van der Waals surface area (Å²) in [6.45, 7) is 0. The molecular formula is C12H15ClFNO. The highest BCUT2D eigenvalue weighted by Gasteiger charge is 2.35. The van der Waals surface area contributed by atoms with Crippen LogP contribution in [0.25, 0.3) is 0 Å². The highest BCUT2D eigenvalue weighted by atomic mass is 35.5. The summed E-state index contributed by atoms with van der Waals surface area (Å²) in [5.74, 6) is -0.440. The Morgan fingerprint density at radius 2 is 2.31 bits per heavy atom. The highest BCUT2D eigenvalue weighted by molar-refractivity contribution is 6.30. The maximum absolute atomic E-state index is 13.2. The maximum Gasteiger partial charge on any atom is 0.142 e. The lowest BCUT2D eigenvalue weighted by Crippen LogP contribution is -2.30. The first kappa shape index (κ1) is 11.8. The Balaban J connectivity index is 2.12. The average Bonchev–Trinajstić information content (AvgIpc) is 2.52. The zero-order valence-corrected chi connectivity index (χ0v) is 9.67. The number of rotatable bonds is 2. The molecule has 2 atom stereocenters. The van der Waals surface area contributed by atoms with Crippen LogP contribution in [0.3, 0.4) is 0 Å². The van der Waals surface area contributed by atoms with Crippen LogP contribution in [0.15, 0.2) is 18.2 Å². The van der Waals surface area contributed by atoms with E-state index in [1.54, 1.807) is 6.07 Å². The summed E-state index contributed by atoms with van der Waals surface area (Å²) in [7, 11) is 0. The maximum atomic E-state index is 13.2. The van der Waals surface area contributed by atoms with E-state index >= 15 is 0 Å². The third-order valence-electron chi connectivity index (χ3n) is 3.14. The Morgan fingerprint density at radius 3 is 2.88 bits per heavy atom. The van der Waals surface area contributed by atoms with E-state index in [4.69, 9.17) is 17.3 Å². The number of benzene rings is 1. The van der Waals surface area contributed by atoms with Crippen LogP contribution in [0.2, 0.25) is 5.02 Å². The molecule has 1 aromatic rings. The van der Waals surface area contributed by atoms with Gasteiger partial charge in [-0.2, -0.15) is 0 Å². The van der Waals surface area contributed by atoms with Crippen molar-refractivity contribution in [1.29, 1.82) is 0 Å². The summed E-state index contributed by atoms with van der Waals surface area (Å²) in [6, 6.07) is 4.70. The van der Waals surface area contributed by atoms with E-state index in [2.05, 4.69) is 0 Å². The molecule has 0 spiro atoms. The molecule has 1 aliphatic carbocycles. The van der Waals surface area contributed by atoms with Gasteiger partial charge >= 0.3 is 0 Å². The minimum absolute atomic E-state index is 0.0575. The fourth-order valence-electron chi connectivity index (χ4n) is 2.34. The molecule has 0 bridgehead atoms. The van der Waals surface area contributed by atoms with Crippen molar-refractivity contribution in [2.45, 2.75) is 37.3 Å². The van der Waals surface area contributed by atoms with E-state index in [1.807, 2.05) is 0 Å². The fraction of sp³-hybridized carbons (Fsp3) is 0.500. The second-order valence-electron chi connectivity index (χ2n) is 4.65. The predicted molar refractivity (Wildman–Crippen MR) is 61.9 cm³/mol. The molecule has 0 heterocycles. The number of hydrogen-bond acceptors (Lipinski definition) is 2. The van der Waals surface area contributed by atoms with Gasteiger partial charge in [-0.15, -0.1) is 0 Å². The van der Waals surface area contributed by atoms with Gasteiger partial charge < -0.3 is 10.8 Å². The highest BCUT2D eigenvalue weighted by Crippen LogP contribution is 2.32. The number of nitrogens with two attached hydrogens (primary N) is 1. The number of aliphatic hydroxyl groups is 1. The van der Waals surface area contributed by atoms with Crippen LogP contribution in [0.1, 0.15) is 24.8 Å². The smallest absolute Gasteiger partial charge is 0.142 e. The van der Waals surface area contributed by atoms with Gasteiger partial charge in [-0.1, -0.05) is 17.7 Å².